The normalized spacial score (nSPS) is 26.0. The van der Waals surface area contributed by atoms with Gasteiger partial charge in [-0.3, -0.25) is 0 Å². The smallest absolute Gasteiger partial charge is 0.0810 e. The maximum absolute atomic E-state index is 5.98. The van der Waals surface area contributed by atoms with Gasteiger partial charge in [-0.2, -0.15) is 0 Å². The van der Waals surface area contributed by atoms with Crippen LogP contribution in [-0.2, 0) is 9.26 Å². The molecular formula is C11H23O2P3. The van der Waals surface area contributed by atoms with E-state index < -0.39 is 0 Å². The van der Waals surface area contributed by atoms with Crippen LogP contribution >= 0.6 is 25.4 Å². The van der Waals surface area contributed by atoms with Gasteiger partial charge in [0.15, 0.2) is 0 Å². The molecule has 0 radical (unpaired) electrons. The summed E-state index contributed by atoms with van der Waals surface area (Å²) in [6, 6.07) is 0. The molecule has 1 rings (SSSR count). The lowest BCUT2D eigenvalue weighted by atomic mass is 9.99. The Hall–Kier alpha value is 0.950. The highest BCUT2D eigenvalue weighted by molar-refractivity contribution is 8.41. The predicted octanol–water partition coefficient (Wildman–Crippen LogP) is 4.13. The lowest BCUT2D eigenvalue weighted by Crippen LogP contribution is -2.17. The number of hydrogen-bond donors (Lipinski definition) is 0. The van der Waals surface area contributed by atoms with Crippen LogP contribution in [0.25, 0.3) is 0 Å². The second kappa shape index (κ2) is 7.40. The van der Waals surface area contributed by atoms with E-state index in [9.17, 15) is 0 Å². The molecule has 2 unspecified atom stereocenters. The van der Waals surface area contributed by atoms with Crippen LogP contribution in [0.3, 0.4) is 0 Å². The molecule has 0 aromatic carbocycles. The summed E-state index contributed by atoms with van der Waals surface area (Å²) in [6.45, 7) is 9.32. The topological polar surface area (TPSA) is 18.5 Å². The van der Waals surface area contributed by atoms with E-state index in [0.717, 1.165) is 25.9 Å². The average Bonchev–Trinajstić information content (AvgIpc) is 2.54. The molecule has 0 amide bonds. The Morgan fingerprint density at radius 1 is 1.56 bits per heavy atom. The summed E-state index contributed by atoms with van der Waals surface area (Å²) >= 11 is 0. The molecule has 5 heteroatoms. The molecule has 1 heterocycles. The molecule has 1 aliphatic heterocycles. The van der Waals surface area contributed by atoms with Crippen LogP contribution in [0.2, 0.25) is 0 Å². The Morgan fingerprint density at radius 3 is 2.75 bits per heavy atom. The second-order valence-corrected chi connectivity index (χ2v) is 10.4. The van der Waals surface area contributed by atoms with E-state index in [0.29, 0.717) is 12.0 Å². The molecule has 1 aliphatic rings. The van der Waals surface area contributed by atoms with Gasteiger partial charge in [0.2, 0.25) is 0 Å². The third kappa shape index (κ3) is 5.07. The number of ether oxygens (including phenoxy) is 1. The molecule has 4 atom stereocenters. The van der Waals surface area contributed by atoms with Crippen LogP contribution in [0.1, 0.15) is 33.1 Å². The summed E-state index contributed by atoms with van der Waals surface area (Å²) in [6.07, 6.45) is 3.82. The van der Waals surface area contributed by atoms with E-state index in [1.807, 2.05) is 0 Å². The van der Waals surface area contributed by atoms with E-state index in [1.165, 1.54) is 5.57 Å². The van der Waals surface area contributed by atoms with Crippen molar-refractivity contribution in [2.24, 2.45) is 5.92 Å². The van der Waals surface area contributed by atoms with Gasteiger partial charge in [0, 0.05) is 0 Å². The molecule has 0 bridgehead atoms. The van der Waals surface area contributed by atoms with E-state index in [4.69, 9.17) is 9.26 Å². The van der Waals surface area contributed by atoms with Crippen LogP contribution in [-0.4, -0.2) is 18.8 Å². The molecule has 0 aliphatic carbocycles. The van der Waals surface area contributed by atoms with Gasteiger partial charge in [-0.25, -0.2) is 0 Å². The Bertz CT molecular complexity index is 231. The standard InChI is InChI=1S/C11H23O2P3/c1-8(2)11-9(3)7-10(13-11)5-4-6-12-16(14)15/h8,10-11H,3-7,14-15H2,1-2H3/t10-,11-/m0/s1. The molecule has 0 saturated carbocycles. The highest BCUT2D eigenvalue weighted by Crippen LogP contribution is 2.53. The Labute approximate surface area is 105 Å². The van der Waals surface area contributed by atoms with Crippen molar-refractivity contribution in [1.82, 2.24) is 0 Å². The quantitative estimate of drug-likeness (QED) is 0.414. The van der Waals surface area contributed by atoms with Gasteiger partial charge in [-0.1, -0.05) is 38.3 Å². The summed E-state index contributed by atoms with van der Waals surface area (Å²) in [5.74, 6) is 0.542. The average molecular weight is 280 g/mol. The summed E-state index contributed by atoms with van der Waals surface area (Å²) in [5.41, 5.74) is 1.26. The van der Waals surface area contributed by atoms with Crippen LogP contribution in [0.4, 0.5) is 0 Å². The Kier molecular flexibility index (Phi) is 6.94. The minimum atomic E-state index is -0.377. The summed E-state index contributed by atoms with van der Waals surface area (Å²) in [4.78, 5) is 0. The van der Waals surface area contributed by atoms with Crippen molar-refractivity contribution in [2.45, 2.75) is 45.3 Å². The van der Waals surface area contributed by atoms with Gasteiger partial charge in [0.25, 0.3) is 0 Å². The van der Waals surface area contributed by atoms with Crippen LogP contribution in [0.5, 0.6) is 0 Å². The van der Waals surface area contributed by atoms with Gasteiger partial charge in [0.05, 0.1) is 26.3 Å². The largest absolute Gasteiger partial charge is 0.370 e. The molecule has 1 fully saturated rings. The van der Waals surface area contributed by atoms with Crippen molar-refractivity contribution in [3.8, 4) is 0 Å². The molecule has 1 saturated heterocycles. The molecule has 0 aromatic heterocycles. The minimum absolute atomic E-state index is 0.270. The summed E-state index contributed by atoms with van der Waals surface area (Å²) in [7, 11) is 4.97. The zero-order valence-electron chi connectivity index (χ0n) is 10.2. The third-order valence-electron chi connectivity index (χ3n) is 2.75. The van der Waals surface area contributed by atoms with Gasteiger partial charge >= 0.3 is 0 Å². The summed E-state index contributed by atoms with van der Waals surface area (Å²) in [5, 5.41) is 0. The lowest BCUT2D eigenvalue weighted by molar-refractivity contribution is 0.0220. The molecule has 0 aromatic rings. The molecule has 94 valence electrons. The highest BCUT2D eigenvalue weighted by Gasteiger charge is 2.30. The predicted molar refractivity (Wildman–Crippen MR) is 78.8 cm³/mol. The van der Waals surface area contributed by atoms with Gasteiger partial charge in [-0.05, 0) is 30.8 Å². The maximum Gasteiger partial charge on any atom is 0.0810 e. The first-order valence-electron chi connectivity index (χ1n) is 5.76. The van der Waals surface area contributed by atoms with E-state index in [-0.39, 0.29) is 13.6 Å². The fourth-order valence-corrected chi connectivity index (χ4v) is 3.01. The third-order valence-corrected chi connectivity index (χ3v) is 4.12. The fraction of sp³-hybridized carbons (Fsp3) is 0.818. The molecular weight excluding hydrogens is 257 g/mol. The van der Waals surface area contributed by atoms with E-state index in [1.54, 1.807) is 0 Å². The minimum Gasteiger partial charge on any atom is -0.370 e. The number of hydrogen-bond acceptors (Lipinski definition) is 2. The van der Waals surface area contributed by atoms with E-state index in [2.05, 4.69) is 38.3 Å². The zero-order valence-corrected chi connectivity index (χ0v) is 13.4. The van der Waals surface area contributed by atoms with Crippen molar-refractivity contribution in [3.05, 3.63) is 12.2 Å². The monoisotopic (exact) mass is 280 g/mol. The first kappa shape index (κ1) is 15.0. The highest BCUT2D eigenvalue weighted by atomic mass is 32.4. The molecule has 0 N–H and O–H groups in total. The van der Waals surface area contributed by atoms with Crippen LogP contribution < -0.4 is 0 Å². The Morgan fingerprint density at radius 2 is 2.25 bits per heavy atom. The van der Waals surface area contributed by atoms with Gasteiger partial charge in [0.1, 0.15) is 0 Å². The lowest BCUT2D eigenvalue weighted by Gasteiger charge is -2.17. The van der Waals surface area contributed by atoms with Gasteiger partial charge in [-0.15, -0.1) is 0 Å². The van der Waals surface area contributed by atoms with Crippen molar-refractivity contribution in [3.63, 3.8) is 0 Å². The molecule has 2 nitrogen and oxygen atoms in total. The van der Waals surface area contributed by atoms with Crippen molar-refractivity contribution in [2.75, 3.05) is 6.61 Å². The maximum atomic E-state index is 5.98. The van der Waals surface area contributed by atoms with Gasteiger partial charge < -0.3 is 9.26 Å². The van der Waals surface area contributed by atoms with Crippen LogP contribution in [0, 0.1) is 5.92 Å². The van der Waals surface area contributed by atoms with E-state index >= 15 is 0 Å². The second-order valence-electron chi connectivity index (χ2n) is 4.62. The molecule has 0 spiro atoms. The fourth-order valence-electron chi connectivity index (χ4n) is 2.04. The SMILES string of the molecule is C=C1C[C@H](CCCOP(P)P)O[C@H]1C(C)C. The van der Waals surface area contributed by atoms with Crippen LogP contribution in [0.15, 0.2) is 12.2 Å². The Balaban J connectivity index is 2.18. The number of rotatable bonds is 6. The summed E-state index contributed by atoms with van der Waals surface area (Å²) < 4.78 is 11.5. The molecule has 16 heavy (non-hydrogen) atoms. The first-order chi connectivity index (χ1) is 7.50. The zero-order chi connectivity index (χ0) is 12.1. The van der Waals surface area contributed by atoms with Crippen molar-refractivity contribution >= 4 is 25.4 Å². The van der Waals surface area contributed by atoms with Crippen molar-refractivity contribution < 1.29 is 9.26 Å². The first-order valence-corrected chi connectivity index (χ1v) is 10.3. The van der Waals surface area contributed by atoms with Crippen molar-refractivity contribution in [1.29, 1.82) is 0 Å².